The van der Waals surface area contributed by atoms with E-state index in [-0.39, 0.29) is 19.2 Å². The first kappa shape index (κ1) is 22.7. The number of halogens is 3. The Balaban J connectivity index is 1.61. The van der Waals surface area contributed by atoms with Crippen LogP contribution in [0.3, 0.4) is 0 Å². The fraction of sp³-hybridized carbons (Fsp3) is 0.500. The van der Waals surface area contributed by atoms with Gasteiger partial charge in [-0.1, -0.05) is 12.1 Å². The average Bonchev–Trinajstić information content (AvgIpc) is 3.17. The molecule has 0 spiro atoms. The predicted molar refractivity (Wildman–Crippen MR) is 108 cm³/mol. The first-order chi connectivity index (χ1) is 14.7. The minimum Gasteiger partial charge on any atom is -0.486 e. The zero-order chi connectivity index (χ0) is 22.5. The fourth-order valence-electron chi connectivity index (χ4n) is 3.19. The number of aliphatic imine (C=N–C) groups is 1. The number of guanidine groups is 1. The smallest absolute Gasteiger partial charge is 0.424 e. The van der Waals surface area contributed by atoms with Crippen LogP contribution in [-0.4, -0.2) is 59.1 Å². The molecule has 2 unspecified atom stereocenters. The molecular formula is C20H26F3N5O3. The normalized spacial score (nSPS) is 18.4. The van der Waals surface area contributed by atoms with Gasteiger partial charge < -0.3 is 29.8 Å². The van der Waals surface area contributed by atoms with Crippen LogP contribution in [0.4, 0.5) is 13.2 Å². The highest BCUT2D eigenvalue weighted by Crippen LogP contribution is 2.40. The molecule has 2 aromatic rings. The van der Waals surface area contributed by atoms with Crippen molar-refractivity contribution in [1.29, 1.82) is 0 Å². The Kier molecular flexibility index (Phi) is 6.94. The van der Waals surface area contributed by atoms with Crippen molar-refractivity contribution in [2.75, 3.05) is 26.2 Å². The van der Waals surface area contributed by atoms with Crippen LogP contribution in [0.5, 0.6) is 11.5 Å². The molecule has 1 aliphatic heterocycles. The van der Waals surface area contributed by atoms with Gasteiger partial charge in [0.15, 0.2) is 23.6 Å². The zero-order valence-corrected chi connectivity index (χ0v) is 17.3. The molecule has 0 fully saturated rings. The highest BCUT2D eigenvalue weighted by molar-refractivity contribution is 5.79. The van der Waals surface area contributed by atoms with Crippen molar-refractivity contribution in [2.24, 2.45) is 12.0 Å². The van der Waals surface area contributed by atoms with E-state index in [1.165, 1.54) is 19.4 Å². The summed E-state index contributed by atoms with van der Waals surface area (Å²) in [6.45, 7) is 2.73. The summed E-state index contributed by atoms with van der Waals surface area (Å²) in [5.74, 6) is 1.13. The first-order valence-corrected chi connectivity index (χ1v) is 9.92. The number of nitrogens with one attached hydrogen (secondary N) is 2. The maximum atomic E-state index is 13.6. The molecular weight excluding hydrogens is 415 g/mol. The van der Waals surface area contributed by atoms with Gasteiger partial charge in [-0.2, -0.15) is 13.2 Å². The lowest BCUT2D eigenvalue weighted by Gasteiger charge is -2.30. The van der Waals surface area contributed by atoms with Crippen molar-refractivity contribution in [1.82, 2.24) is 20.2 Å². The Morgan fingerprint density at radius 1 is 1.29 bits per heavy atom. The number of rotatable bonds is 7. The first-order valence-electron chi connectivity index (χ1n) is 9.92. The molecule has 11 heteroatoms. The molecule has 0 bridgehead atoms. The summed E-state index contributed by atoms with van der Waals surface area (Å²) in [6.07, 6.45) is -3.28. The highest BCUT2D eigenvalue weighted by atomic mass is 19.4. The van der Waals surface area contributed by atoms with Gasteiger partial charge in [0, 0.05) is 39.0 Å². The third kappa shape index (κ3) is 5.22. The fourth-order valence-corrected chi connectivity index (χ4v) is 3.19. The molecule has 1 aromatic carbocycles. The Hall–Kier alpha value is -2.95. The third-order valence-electron chi connectivity index (χ3n) is 4.80. The van der Waals surface area contributed by atoms with E-state index in [0.717, 1.165) is 4.57 Å². The van der Waals surface area contributed by atoms with Crippen LogP contribution < -0.4 is 20.1 Å². The molecule has 1 aliphatic rings. The second kappa shape index (κ2) is 9.46. The number of aryl methyl sites for hydroxylation is 1. The van der Waals surface area contributed by atoms with Gasteiger partial charge in [0.05, 0.1) is 6.54 Å². The molecule has 2 atom stereocenters. The summed E-state index contributed by atoms with van der Waals surface area (Å²) in [5, 5.41) is 16.2. The van der Waals surface area contributed by atoms with Gasteiger partial charge in [-0.3, -0.25) is 0 Å². The SMILES string of the molecule is CCNC(=NCC1COc2ccccc2O1)NCCC(O)(c1nccn1C)C(F)(F)F. The van der Waals surface area contributed by atoms with Crippen LogP contribution in [0.2, 0.25) is 0 Å². The van der Waals surface area contributed by atoms with Gasteiger partial charge in [-0.05, 0) is 19.1 Å². The largest absolute Gasteiger partial charge is 0.486 e. The summed E-state index contributed by atoms with van der Waals surface area (Å²) < 4.78 is 53.5. The van der Waals surface area contributed by atoms with Gasteiger partial charge >= 0.3 is 6.18 Å². The van der Waals surface area contributed by atoms with Crippen molar-refractivity contribution in [3.63, 3.8) is 0 Å². The van der Waals surface area contributed by atoms with E-state index in [9.17, 15) is 18.3 Å². The van der Waals surface area contributed by atoms with E-state index in [2.05, 4.69) is 20.6 Å². The van der Waals surface area contributed by atoms with Crippen LogP contribution in [0.1, 0.15) is 19.2 Å². The quantitative estimate of drug-likeness (QED) is 0.449. The Morgan fingerprint density at radius 3 is 2.68 bits per heavy atom. The van der Waals surface area contributed by atoms with Crippen molar-refractivity contribution in [3.05, 3.63) is 42.5 Å². The van der Waals surface area contributed by atoms with E-state index in [0.29, 0.717) is 30.6 Å². The molecule has 0 aliphatic carbocycles. The minimum absolute atomic E-state index is 0.181. The summed E-state index contributed by atoms with van der Waals surface area (Å²) in [7, 11) is 1.41. The van der Waals surface area contributed by atoms with Crippen molar-refractivity contribution in [3.8, 4) is 11.5 Å². The molecule has 1 aromatic heterocycles. The number of alkyl halides is 3. The average molecular weight is 441 g/mol. The Morgan fingerprint density at radius 2 is 2.03 bits per heavy atom. The number of para-hydroxylation sites is 2. The number of imidazole rings is 1. The lowest BCUT2D eigenvalue weighted by atomic mass is 9.97. The number of hydrogen-bond donors (Lipinski definition) is 3. The second-order valence-electron chi connectivity index (χ2n) is 7.11. The van der Waals surface area contributed by atoms with Gasteiger partial charge in [0.2, 0.25) is 5.60 Å². The van der Waals surface area contributed by atoms with E-state index in [4.69, 9.17) is 9.47 Å². The molecule has 0 saturated carbocycles. The van der Waals surface area contributed by atoms with Gasteiger partial charge in [0.25, 0.3) is 0 Å². The van der Waals surface area contributed by atoms with Crippen LogP contribution in [0, 0.1) is 0 Å². The van der Waals surface area contributed by atoms with Crippen LogP contribution >= 0.6 is 0 Å². The number of hydrogen-bond acceptors (Lipinski definition) is 5. The van der Waals surface area contributed by atoms with E-state index >= 15 is 0 Å². The molecule has 3 rings (SSSR count). The monoisotopic (exact) mass is 441 g/mol. The van der Waals surface area contributed by atoms with Gasteiger partial charge in [-0.25, -0.2) is 9.98 Å². The summed E-state index contributed by atoms with van der Waals surface area (Å²) in [4.78, 5) is 8.07. The Bertz CT molecular complexity index is 902. The second-order valence-corrected chi connectivity index (χ2v) is 7.11. The van der Waals surface area contributed by atoms with Crippen LogP contribution in [0.25, 0.3) is 0 Å². The van der Waals surface area contributed by atoms with E-state index in [1.807, 2.05) is 25.1 Å². The number of aromatic nitrogens is 2. The summed E-state index contributed by atoms with van der Waals surface area (Å²) in [5.41, 5.74) is -3.08. The standard InChI is InChI=1S/C20H26F3N5O3/c1-3-24-18(27-12-14-13-30-15-6-4-5-7-16(15)31-14)26-9-8-19(29,20(21,22)23)17-25-10-11-28(17)2/h4-7,10-11,14,29H,3,8-9,12-13H2,1-2H3,(H2,24,26,27). The topological polar surface area (TPSA) is 92.9 Å². The zero-order valence-electron chi connectivity index (χ0n) is 17.3. The number of fused-ring (bicyclic) bond motifs is 1. The Labute approximate surface area is 178 Å². The summed E-state index contributed by atoms with van der Waals surface area (Å²) in [6, 6.07) is 7.29. The lowest BCUT2D eigenvalue weighted by molar-refractivity contribution is -0.272. The molecule has 8 nitrogen and oxygen atoms in total. The number of nitrogens with zero attached hydrogens (tertiary/aromatic N) is 3. The predicted octanol–water partition coefficient (Wildman–Crippen LogP) is 1.96. The van der Waals surface area contributed by atoms with Crippen molar-refractivity contribution in [2.45, 2.75) is 31.2 Å². The van der Waals surface area contributed by atoms with Crippen LogP contribution in [-0.2, 0) is 12.6 Å². The van der Waals surface area contributed by atoms with Crippen LogP contribution in [0.15, 0.2) is 41.7 Å². The highest BCUT2D eigenvalue weighted by Gasteiger charge is 2.57. The van der Waals surface area contributed by atoms with Gasteiger partial charge in [-0.15, -0.1) is 0 Å². The molecule has 2 heterocycles. The van der Waals surface area contributed by atoms with Crippen molar-refractivity contribution < 1.29 is 27.8 Å². The summed E-state index contributed by atoms with van der Waals surface area (Å²) >= 11 is 0. The lowest BCUT2D eigenvalue weighted by Crippen LogP contribution is -2.48. The maximum absolute atomic E-state index is 13.6. The molecule has 31 heavy (non-hydrogen) atoms. The third-order valence-corrected chi connectivity index (χ3v) is 4.80. The molecule has 0 radical (unpaired) electrons. The van der Waals surface area contributed by atoms with Gasteiger partial charge in [0.1, 0.15) is 12.4 Å². The number of ether oxygens (including phenoxy) is 2. The molecule has 0 saturated heterocycles. The minimum atomic E-state index is -4.88. The van der Waals surface area contributed by atoms with Crippen molar-refractivity contribution >= 4 is 5.96 Å². The molecule has 0 amide bonds. The number of benzene rings is 1. The number of aliphatic hydroxyl groups is 1. The molecule has 3 N–H and O–H groups in total. The molecule has 170 valence electrons. The van der Waals surface area contributed by atoms with E-state index < -0.39 is 24.0 Å². The maximum Gasteiger partial charge on any atom is 0.424 e. The van der Waals surface area contributed by atoms with E-state index in [1.54, 1.807) is 6.07 Å².